The number of amidine groups is 1. The zero-order chi connectivity index (χ0) is 15.8. The Morgan fingerprint density at radius 3 is 2.76 bits per heavy atom. The summed E-state index contributed by atoms with van der Waals surface area (Å²) < 4.78 is 6.07. The summed E-state index contributed by atoms with van der Waals surface area (Å²) in [5, 5.41) is 10.4. The van der Waals surface area contributed by atoms with Crippen LogP contribution in [0.5, 0.6) is 0 Å². The number of aliphatic imine (C=N–C) groups is 1. The minimum Gasteiger partial charge on any atom is -0.390 e. The number of aliphatic hydroxyl groups excluding tert-OH is 1. The maximum atomic E-state index is 10.4. The predicted molar refractivity (Wildman–Crippen MR) is 90.9 cm³/mol. The third-order valence-electron chi connectivity index (χ3n) is 3.94. The fourth-order valence-electron chi connectivity index (χ4n) is 2.64. The largest absolute Gasteiger partial charge is 0.390 e. The van der Waals surface area contributed by atoms with Crippen LogP contribution in [0, 0.1) is 5.92 Å². The molecule has 21 heavy (non-hydrogen) atoms. The standard InChI is InChI=1S/C15H26N3O2P/c1-10-14(19)12(7-9-21(3,4)5)20-15(10)18-8-6-13(16)17-11(18)2/h6,8,10,12,14-15,19H,2-3,7,9H2,1,4-5H3,(H2,16,17)/t10?,12-,14+,15-/m1/s1. The van der Waals surface area contributed by atoms with Crippen molar-refractivity contribution in [2.75, 3.05) is 19.5 Å². The second-order valence-corrected chi connectivity index (χ2v) is 10.9. The lowest BCUT2D eigenvalue weighted by atomic mass is 10.00. The van der Waals surface area contributed by atoms with Gasteiger partial charge >= 0.3 is 0 Å². The Labute approximate surface area is 127 Å². The van der Waals surface area contributed by atoms with Crippen LogP contribution in [0.25, 0.3) is 0 Å². The molecule has 2 aliphatic rings. The van der Waals surface area contributed by atoms with Crippen LogP contribution in [0.2, 0.25) is 0 Å². The summed E-state index contributed by atoms with van der Waals surface area (Å²) in [5.41, 5.74) is 5.65. The first-order valence-electron chi connectivity index (χ1n) is 7.19. The fourth-order valence-corrected chi connectivity index (χ4v) is 3.60. The molecule has 5 nitrogen and oxygen atoms in total. The smallest absolute Gasteiger partial charge is 0.140 e. The van der Waals surface area contributed by atoms with Gasteiger partial charge in [0.1, 0.15) is 17.9 Å². The molecule has 1 fully saturated rings. The van der Waals surface area contributed by atoms with Crippen molar-refractivity contribution in [3.63, 3.8) is 0 Å². The molecular formula is C15H26N3O2P. The fraction of sp³-hybridized carbons (Fsp3) is 0.600. The summed E-state index contributed by atoms with van der Waals surface area (Å²) in [6.45, 7) is 9.17. The number of hydrogen-bond donors (Lipinski definition) is 2. The van der Waals surface area contributed by atoms with E-state index in [0.29, 0.717) is 11.7 Å². The van der Waals surface area contributed by atoms with E-state index >= 15 is 0 Å². The molecule has 0 aromatic heterocycles. The highest BCUT2D eigenvalue weighted by atomic mass is 31.2. The number of aliphatic hydroxyl groups is 1. The molecule has 1 unspecified atom stereocenters. The molecule has 0 spiro atoms. The van der Waals surface area contributed by atoms with Crippen molar-refractivity contribution in [3.8, 4) is 0 Å². The zero-order valence-electron chi connectivity index (χ0n) is 13.1. The van der Waals surface area contributed by atoms with Crippen LogP contribution in [-0.2, 0) is 4.74 Å². The number of ether oxygens (including phenoxy) is 1. The molecule has 0 aromatic rings. The molecular weight excluding hydrogens is 285 g/mol. The Hall–Kier alpha value is -1.03. The van der Waals surface area contributed by atoms with Gasteiger partial charge in [-0.3, -0.25) is 0 Å². The number of rotatable bonds is 4. The summed E-state index contributed by atoms with van der Waals surface area (Å²) >= 11 is 0. The molecule has 0 radical (unpaired) electrons. The van der Waals surface area contributed by atoms with Gasteiger partial charge < -0.3 is 20.5 Å². The minimum atomic E-state index is -1.11. The summed E-state index contributed by atoms with van der Waals surface area (Å²) in [7, 11) is 0. The first-order chi connectivity index (χ1) is 9.69. The van der Waals surface area contributed by atoms with Gasteiger partial charge in [0.2, 0.25) is 0 Å². The van der Waals surface area contributed by atoms with Crippen molar-refractivity contribution in [2.24, 2.45) is 16.6 Å². The van der Waals surface area contributed by atoms with Gasteiger partial charge in [-0.15, -0.1) is 13.2 Å². The van der Waals surface area contributed by atoms with E-state index in [4.69, 9.17) is 10.5 Å². The van der Waals surface area contributed by atoms with Crippen molar-refractivity contribution >= 4 is 19.0 Å². The van der Waals surface area contributed by atoms with Crippen LogP contribution in [0.1, 0.15) is 13.3 Å². The van der Waals surface area contributed by atoms with Gasteiger partial charge in [-0.2, -0.15) is 0 Å². The Kier molecular flexibility index (Phi) is 4.66. The van der Waals surface area contributed by atoms with Crippen LogP contribution in [0.3, 0.4) is 0 Å². The average molecular weight is 311 g/mol. The monoisotopic (exact) mass is 311 g/mol. The zero-order valence-corrected chi connectivity index (χ0v) is 14.0. The Balaban J connectivity index is 2.05. The molecule has 1 saturated heterocycles. The van der Waals surface area contributed by atoms with E-state index in [1.165, 1.54) is 0 Å². The van der Waals surface area contributed by atoms with Crippen molar-refractivity contribution in [3.05, 3.63) is 24.7 Å². The van der Waals surface area contributed by atoms with E-state index in [0.717, 1.165) is 12.6 Å². The van der Waals surface area contributed by atoms with E-state index in [1.54, 1.807) is 6.08 Å². The minimum absolute atomic E-state index is 0.0165. The van der Waals surface area contributed by atoms with E-state index in [2.05, 4.69) is 31.2 Å². The molecule has 0 aromatic carbocycles. The SMILES string of the molecule is C=C1N=C(N)C=CN1[C@@H]1O[C@H](CCP(=C)(C)C)[C@@H](O)C1C. The third-order valence-corrected chi connectivity index (χ3v) is 5.41. The molecule has 0 aliphatic carbocycles. The van der Waals surface area contributed by atoms with Gasteiger partial charge in [0.25, 0.3) is 0 Å². The van der Waals surface area contributed by atoms with Crippen molar-refractivity contribution < 1.29 is 9.84 Å². The summed E-state index contributed by atoms with van der Waals surface area (Å²) in [6.07, 6.45) is 8.70. The van der Waals surface area contributed by atoms with Crippen molar-refractivity contribution in [1.82, 2.24) is 4.90 Å². The van der Waals surface area contributed by atoms with E-state index in [-0.39, 0.29) is 18.2 Å². The summed E-state index contributed by atoms with van der Waals surface area (Å²) in [4.78, 5) is 5.99. The van der Waals surface area contributed by atoms with E-state index < -0.39 is 13.0 Å². The molecule has 2 rings (SSSR count). The van der Waals surface area contributed by atoms with Gasteiger partial charge in [0.15, 0.2) is 0 Å². The van der Waals surface area contributed by atoms with Gasteiger partial charge in [0.05, 0.1) is 12.2 Å². The molecule has 118 valence electrons. The average Bonchev–Trinajstić information content (AvgIpc) is 2.64. The second kappa shape index (κ2) is 5.99. The van der Waals surface area contributed by atoms with Gasteiger partial charge in [0, 0.05) is 12.1 Å². The molecule has 0 amide bonds. The lowest BCUT2D eigenvalue weighted by Crippen LogP contribution is -2.37. The molecule has 2 heterocycles. The van der Waals surface area contributed by atoms with Crippen LogP contribution in [0.4, 0.5) is 0 Å². The highest BCUT2D eigenvalue weighted by Gasteiger charge is 2.43. The topological polar surface area (TPSA) is 71.1 Å². The maximum absolute atomic E-state index is 10.4. The maximum Gasteiger partial charge on any atom is 0.140 e. The highest BCUT2D eigenvalue weighted by molar-refractivity contribution is 7.72. The molecule has 0 saturated carbocycles. The van der Waals surface area contributed by atoms with Crippen LogP contribution < -0.4 is 5.73 Å². The Bertz CT molecular complexity index is 523. The van der Waals surface area contributed by atoms with Crippen molar-refractivity contribution in [2.45, 2.75) is 31.8 Å². The number of hydrogen-bond acceptors (Lipinski definition) is 5. The molecule has 3 N–H and O–H groups in total. The van der Waals surface area contributed by atoms with Crippen LogP contribution in [-0.4, -0.2) is 60.1 Å². The van der Waals surface area contributed by atoms with Gasteiger partial charge in [-0.1, -0.05) is 13.5 Å². The van der Waals surface area contributed by atoms with Crippen molar-refractivity contribution in [1.29, 1.82) is 0 Å². The van der Waals surface area contributed by atoms with Crippen LogP contribution in [0.15, 0.2) is 29.7 Å². The molecule has 4 atom stereocenters. The second-order valence-electron chi connectivity index (χ2n) is 6.54. The first kappa shape index (κ1) is 16.3. The predicted octanol–water partition coefficient (Wildman–Crippen LogP) is 1.47. The third kappa shape index (κ3) is 3.79. The Morgan fingerprint density at radius 2 is 2.19 bits per heavy atom. The molecule has 2 aliphatic heterocycles. The summed E-state index contributed by atoms with van der Waals surface area (Å²) in [5.74, 6) is 0.962. The number of nitrogens with zero attached hydrogens (tertiary/aromatic N) is 2. The number of nitrogens with two attached hydrogens (primary N) is 1. The Morgan fingerprint density at radius 1 is 1.52 bits per heavy atom. The highest BCUT2D eigenvalue weighted by Crippen LogP contribution is 2.40. The molecule has 0 bridgehead atoms. The lowest BCUT2D eigenvalue weighted by Gasteiger charge is -2.31. The van der Waals surface area contributed by atoms with Gasteiger partial charge in [-0.05, 0) is 32.0 Å². The van der Waals surface area contributed by atoms with E-state index in [1.807, 2.05) is 18.0 Å². The van der Waals surface area contributed by atoms with Crippen LogP contribution >= 0.6 is 6.89 Å². The lowest BCUT2D eigenvalue weighted by molar-refractivity contribution is -0.0401. The van der Waals surface area contributed by atoms with Gasteiger partial charge in [-0.25, -0.2) is 4.99 Å². The normalized spacial score (nSPS) is 33.4. The molecule has 6 heteroatoms. The first-order valence-corrected chi connectivity index (χ1v) is 10.2. The summed E-state index contributed by atoms with van der Waals surface area (Å²) in [6, 6.07) is 0. The quantitative estimate of drug-likeness (QED) is 0.771. The van der Waals surface area contributed by atoms with E-state index in [9.17, 15) is 5.11 Å².